The predicted octanol–water partition coefficient (Wildman–Crippen LogP) is 5.21. The number of ketones is 1. The molecule has 0 amide bonds. The average molecular weight is 334 g/mol. The largest absolute Gasteiger partial charge is 0.298 e. The number of Topliss-reactive ketones (excluding diaryl/α,β-unsaturated/α-hetero) is 1. The van der Waals surface area contributed by atoms with Crippen LogP contribution in [0.2, 0.25) is 0 Å². The molecule has 1 heteroatoms. The van der Waals surface area contributed by atoms with Crippen LogP contribution >= 0.6 is 0 Å². The molecule has 0 saturated carbocycles. The van der Waals surface area contributed by atoms with Gasteiger partial charge in [0.1, 0.15) is 0 Å². The molecule has 2 atom stereocenters. The van der Waals surface area contributed by atoms with Gasteiger partial charge in [0.2, 0.25) is 0 Å². The number of hydrogen-bond donors (Lipinski definition) is 0. The Balaban J connectivity index is 1.68. The van der Waals surface area contributed by atoms with Gasteiger partial charge < -0.3 is 0 Å². The first-order valence-corrected chi connectivity index (χ1v) is 9.71. The van der Waals surface area contributed by atoms with E-state index < -0.39 is 0 Å². The van der Waals surface area contributed by atoms with E-state index in [0.29, 0.717) is 5.78 Å². The van der Waals surface area contributed by atoms with Crippen LogP contribution in [0.3, 0.4) is 0 Å². The summed E-state index contributed by atoms with van der Waals surface area (Å²) in [7, 11) is 0. The first kappa shape index (κ1) is 13.5. The summed E-state index contributed by atoms with van der Waals surface area (Å²) in [5, 5.41) is 2.70. The van der Waals surface area contributed by atoms with Gasteiger partial charge >= 0.3 is 0 Å². The standard InChI is InChI=1S/C25H18O/c26-25-23-18-5-1-3-14(18)11-16-9-7-13-8-10-17-12-15-4-2-6-19(15)24(25)22(17)20(13)21(16)23/h3-10,23-24H,1-2,11-12H2. The van der Waals surface area contributed by atoms with E-state index in [1.54, 1.807) is 0 Å². The monoisotopic (exact) mass is 334 g/mol. The highest BCUT2D eigenvalue weighted by molar-refractivity contribution is 6.11. The van der Waals surface area contributed by atoms with E-state index in [9.17, 15) is 4.79 Å². The van der Waals surface area contributed by atoms with Crippen molar-refractivity contribution in [3.63, 3.8) is 0 Å². The van der Waals surface area contributed by atoms with Gasteiger partial charge in [-0.1, -0.05) is 48.6 Å². The van der Waals surface area contributed by atoms with E-state index in [2.05, 4.69) is 48.6 Å². The van der Waals surface area contributed by atoms with E-state index in [-0.39, 0.29) is 11.8 Å². The van der Waals surface area contributed by atoms with Gasteiger partial charge in [-0.05, 0) is 81.0 Å². The minimum Gasteiger partial charge on any atom is -0.298 e. The molecule has 5 aliphatic carbocycles. The molecule has 5 aliphatic rings. The second-order valence-electron chi connectivity index (χ2n) is 8.25. The zero-order valence-corrected chi connectivity index (χ0v) is 14.5. The third-order valence-electron chi connectivity index (χ3n) is 7.12. The quantitative estimate of drug-likeness (QED) is 0.646. The number of hydrogen-bond acceptors (Lipinski definition) is 1. The van der Waals surface area contributed by atoms with Gasteiger partial charge in [-0.25, -0.2) is 0 Å². The lowest BCUT2D eigenvalue weighted by Crippen LogP contribution is -2.34. The molecule has 26 heavy (non-hydrogen) atoms. The molecule has 1 nitrogen and oxygen atoms in total. The molecule has 2 unspecified atom stereocenters. The van der Waals surface area contributed by atoms with Crippen LogP contribution < -0.4 is 0 Å². The molecule has 2 aromatic carbocycles. The van der Waals surface area contributed by atoms with Crippen LogP contribution in [0.1, 0.15) is 46.9 Å². The number of allylic oxidation sites excluding steroid dienone is 8. The molecular weight excluding hydrogens is 316 g/mol. The molecule has 0 heterocycles. The topological polar surface area (TPSA) is 17.1 Å². The van der Waals surface area contributed by atoms with Gasteiger partial charge in [0.05, 0.1) is 11.8 Å². The Morgan fingerprint density at radius 2 is 1.23 bits per heavy atom. The molecule has 0 aliphatic heterocycles. The summed E-state index contributed by atoms with van der Waals surface area (Å²) in [6.07, 6.45) is 13.2. The van der Waals surface area contributed by atoms with Crippen LogP contribution in [0.25, 0.3) is 10.8 Å². The van der Waals surface area contributed by atoms with Gasteiger partial charge in [0.25, 0.3) is 0 Å². The maximum absolute atomic E-state index is 13.9. The first-order chi connectivity index (χ1) is 12.8. The summed E-state index contributed by atoms with van der Waals surface area (Å²) in [6.45, 7) is 0. The molecule has 0 spiro atoms. The van der Waals surface area contributed by atoms with E-state index in [0.717, 1.165) is 25.7 Å². The van der Waals surface area contributed by atoms with Crippen LogP contribution in [0.15, 0.2) is 70.9 Å². The number of benzene rings is 2. The van der Waals surface area contributed by atoms with Crippen LogP contribution in [0.4, 0.5) is 0 Å². The number of fused-ring (bicyclic) bond motifs is 4. The second-order valence-corrected chi connectivity index (χ2v) is 8.25. The van der Waals surface area contributed by atoms with Gasteiger partial charge in [0, 0.05) is 0 Å². The highest BCUT2D eigenvalue weighted by atomic mass is 16.1. The van der Waals surface area contributed by atoms with Crippen molar-refractivity contribution < 1.29 is 4.79 Å². The van der Waals surface area contributed by atoms with Crippen molar-refractivity contribution in [2.24, 2.45) is 0 Å². The SMILES string of the molecule is O=C1C2C3=CCC=C3Cc3ccc4ccc5c(c4c32)C1C1=CCC=C1C5. The van der Waals surface area contributed by atoms with Crippen molar-refractivity contribution in [2.75, 3.05) is 0 Å². The molecule has 124 valence electrons. The zero-order chi connectivity index (χ0) is 17.0. The lowest BCUT2D eigenvalue weighted by molar-refractivity contribution is -0.120. The van der Waals surface area contributed by atoms with Crippen molar-refractivity contribution >= 4 is 16.6 Å². The minimum absolute atomic E-state index is 0.0511. The van der Waals surface area contributed by atoms with Crippen molar-refractivity contribution in [2.45, 2.75) is 37.5 Å². The predicted molar refractivity (Wildman–Crippen MR) is 103 cm³/mol. The Bertz CT molecular complexity index is 1110. The van der Waals surface area contributed by atoms with E-state index >= 15 is 0 Å². The number of rotatable bonds is 0. The summed E-state index contributed by atoms with van der Waals surface area (Å²) < 4.78 is 0. The van der Waals surface area contributed by atoms with E-state index in [4.69, 9.17) is 0 Å². The minimum atomic E-state index is -0.0511. The first-order valence-electron chi connectivity index (χ1n) is 9.71. The lowest BCUT2D eigenvalue weighted by atomic mass is 9.61. The van der Waals surface area contributed by atoms with Gasteiger partial charge in [0.15, 0.2) is 5.78 Å². The zero-order valence-electron chi connectivity index (χ0n) is 14.5. The number of carbonyl (C=O) groups excluding carboxylic acids is 1. The Hall–Kier alpha value is -2.67. The molecule has 0 aromatic heterocycles. The highest BCUT2D eigenvalue weighted by Crippen LogP contribution is 2.56. The average Bonchev–Trinajstić information content (AvgIpc) is 3.31. The highest BCUT2D eigenvalue weighted by Gasteiger charge is 2.47. The molecule has 0 radical (unpaired) electrons. The lowest BCUT2D eigenvalue weighted by Gasteiger charge is -2.41. The molecule has 0 N–H and O–H groups in total. The van der Waals surface area contributed by atoms with Crippen LogP contribution in [-0.4, -0.2) is 5.78 Å². The fourth-order valence-electron chi connectivity index (χ4n) is 6.12. The van der Waals surface area contributed by atoms with Gasteiger partial charge in [-0.3, -0.25) is 4.79 Å². The van der Waals surface area contributed by atoms with E-state index in [1.807, 2.05) is 0 Å². The summed E-state index contributed by atoms with van der Waals surface area (Å²) in [5.41, 5.74) is 10.8. The van der Waals surface area contributed by atoms with Crippen LogP contribution in [0, 0.1) is 0 Å². The van der Waals surface area contributed by atoms with Gasteiger partial charge in [-0.2, -0.15) is 0 Å². The molecule has 0 bridgehead atoms. The van der Waals surface area contributed by atoms with Crippen LogP contribution in [0.5, 0.6) is 0 Å². The Morgan fingerprint density at radius 1 is 0.692 bits per heavy atom. The van der Waals surface area contributed by atoms with Crippen molar-refractivity contribution in [3.8, 4) is 0 Å². The Labute approximate surface area is 152 Å². The Kier molecular flexibility index (Phi) is 2.26. The fraction of sp³-hybridized carbons (Fsp3) is 0.240. The maximum atomic E-state index is 13.9. The normalized spacial score (nSPS) is 26.8. The molecular formula is C25H18O. The maximum Gasteiger partial charge on any atom is 0.156 e. The summed E-state index contributed by atoms with van der Waals surface area (Å²) in [5.74, 6) is 0.311. The Morgan fingerprint density at radius 3 is 1.77 bits per heavy atom. The van der Waals surface area contributed by atoms with Gasteiger partial charge in [-0.15, -0.1) is 0 Å². The molecule has 0 saturated heterocycles. The van der Waals surface area contributed by atoms with Crippen molar-refractivity contribution in [1.29, 1.82) is 0 Å². The van der Waals surface area contributed by atoms with Crippen LogP contribution in [-0.2, 0) is 17.6 Å². The third-order valence-corrected chi connectivity index (χ3v) is 7.12. The molecule has 7 rings (SSSR count). The van der Waals surface area contributed by atoms with Crippen molar-refractivity contribution in [3.05, 3.63) is 93.1 Å². The molecule has 2 aromatic rings. The summed E-state index contributed by atoms with van der Waals surface area (Å²) >= 11 is 0. The number of carbonyl (C=O) groups is 1. The molecule has 0 fully saturated rings. The summed E-state index contributed by atoms with van der Waals surface area (Å²) in [6, 6.07) is 9.08. The fourth-order valence-corrected chi connectivity index (χ4v) is 6.12. The third kappa shape index (κ3) is 1.40. The second kappa shape index (κ2) is 4.35. The smallest absolute Gasteiger partial charge is 0.156 e. The summed E-state index contributed by atoms with van der Waals surface area (Å²) in [4.78, 5) is 13.9. The van der Waals surface area contributed by atoms with E-state index in [1.165, 1.54) is 55.3 Å². The van der Waals surface area contributed by atoms with Crippen molar-refractivity contribution in [1.82, 2.24) is 0 Å².